The van der Waals surface area contributed by atoms with Gasteiger partial charge in [0, 0.05) is 11.5 Å². The second-order valence-electron chi connectivity index (χ2n) is 3.62. The predicted molar refractivity (Wildman–Crippen MR) is 59.8 cm³/mol. The zero-order chi connectivity index (χ0) is 9.64. The van der Waals surface area contributed by atoms with Crippen molar-refractivity contribution in [2.45, 2.75) is 19.3 Å². The van der Waals surface area contributed by atoms with Gasteiger partial charge in [0.15, 0.2) is 0 Å². The SMILES string of the molecule is C(#CC1CC=CCC1)c1ccccc1. The van der Waals surface area contributed by atoms with Gasteiger partial charge in [-0.1, -0.05) is 42.2 Å². The summed E-state index contributed by atoms with van der Waals surface area (Å²) in [5.74, 6) is 7.14. The van der Waals surface area contributed by atoms with Crippen molar-refractivity contribution in [3.8, 4) is 11.8 Å². The Morgan fingerprint density at radius 3 is 2.64 bits per heavy atom. The first-order valence-electron chi connectivity index (χ1n) is 5.17. The molecule has 0 bridgehead atoms. The lowest BCUT2D eigenvalue weighted by Gasteiger charge is -2.09. The van der Waals surface area contributed by atoms with Gasteiger partial charge in [-0.15, -0.1) is 0 Å². The van der Waals surface area contributed by atoms with Gasteiger partial charge in [0.1, 0.15) is 0 Å². The van der Waals surface area contributed by atoms with E-state index in [0.717, 1.165) is 12.0 Å². The average molecular weight is 182 g/mol. The number of hydrogen-bond donors (Lipinski definition) is 0. The van der Waals surface area contributed by atoms with Crippen LogP contribution in [0.25, 0.3) is 0 Å². The minimum absolute atomic E-state index is 0.570. The van der Waals surface area contributed by atoms with Crippen LogP contribution in [-0.2, 0) is 0 Å². The lowest BCUT2D eigenvalue weighted by molar-refractivity contribution is 0.603. The van der Waals surface area contributed by atoms with Gasteiger partial charge in [0.25, 0.3) is 0 Å². The number of rotatable bonds is 0. The van der Waals surface area contributed by atoms with Crippen LogP contribution in [0.1, 0.15) is 24.8 Å². The van der Waals surface area contributed by atoms with Crippen molar-refractivity contribution in [3.05, 3.63) is 48.0 Å². The Balaban J connectivity index is 2.03. The molecular formula is C14H14. The first-order chi connectivity index (χ1) is 6.95. The third-order valence-corrected chi connectivity index (χ3v) is 2.46. The van der Waals surface area contributed by atoms with E-state index in [9.17, 15) is 0 Å². The van der Waals surface area contributed by atoms with Gasteiger partial charge >= 0.3 is 0 Å². The molecule has 1 aliphatic carbocycles. The molecule has 2 rings (SSSR count). The smallest absolute Gasteiger partial charge is 0.0245 e. The van der Waals surface area contributed by atoms with E-state index in [1.807, 2.05) is 18.2 Å². The highest BCUT2D eigenvalue weighted by Crippen LogP contribution is 2.16. The molecule has 0 amide bonds. The van der Waals surface area contributed by atoms with Crippen LogP contribution in [0, 0.1) is 17.8 Å². The molecule has 1 aromatic rings. The zero-order valence-corrected chi connectivity index (χ0v) is 8.24. The van der Waals surface area contributed by atoms with E-state index in [1.165, 1.54) is 12.8 Å². The molecule has 0 N–H and O–H groups in total. The number of hydrogen-bond acceptors (Lipinski definition) is 0. The average Bonchev–Trinajstić information content (AvgIpc) is 2.29. The van der Waals surface area contributed by atoms with Crippen LogP contribution in [-0.4, -0.2) is 0 Å². The summed E-state index contributed by atoms with van der Waals surface area (Å²) in [6, 6.07) is 10.2. The fourth-order valence-electron chi connectivity index (χ4n) is 1.63. The summed E-state index contributed by atoms with van der Waals surface area (Å²) >= 11 is 0. The number of allylic oxidation sites excluding steroid dienone is 2. The van der Waals surface area contributed by atoms with E-state index in [-0.39, 0.29) is 0 Å². The maximum Gasteiger partial charge on any atom is 0.0245 e. The van der Waals surface area contributed by atoms with E-state index in [2.05, 4.69) is 36.1 Å². The fourth-order valence-corrected chi connectivity index (χ4v) is 1.63. The maximum absolute atomic E-state index is 3.34. The lowest BCUT2D eigenvalue weighted by atomic mass is 9.95. The molecule has 0 aliphatic heterocycles. The number of benzene rings is 1. The lowest BCUT2D eigenvalue weighted by Crippen LogP contribution is -1.98. The molecule has 0 heteroatoms. The van der Waals surface area contributed by atoms with Gasteiger partial charge in [-0.05, 0) is 31.4 Å². The molecule has 0 aromatic heterocycles. The van der Waals surface area contributed by atoms with E-state index in [4.69, 9.17) is 0 Å². The molecule has 0 fully saturated rings. The van der Waals surface area contributed by atoms with E-state index in [0.29, 0.717) is 5.92 Å². The van der Waals surface area contributed by atoms with Crippen molar-refractivity contribution >= 4 is 0 Å². The highest BCUT2D eigenvalue weighted by Gasteiger charge is 2.04. The molecule has 0 saturated carbocycles. The summed E-state index contributed by atoms with van der Waals surface area (Å²) in [4.78, 5) is 0. The molecule has 1 aromatic carbocycles. The van der Waals surface area contributed by atoms with Gasteiger partial charge in [0.05, 0.1) is 0 Å². The molecular weight excluding hydrogens is 168 g/mol. The second-order valence-corrected chi connectivity index (χ2v) is 3.62. The molecule has 1 atom stereocenters. The molecule has 0 nitrogen and oxygen atoms in total. The molecule has 14 heavy (non-hydrogen) atoms. The summed E-state index contributed by atoms with van der Waals surface area (Å²) in [5, 5.41) is 0. The minimum Gasteiger partial charge on any atom is -0.0941 e. The topological polar surface area (TPSA) is 0 Å². The Hall–Kier alpha value is -1.48. The van der Waals surface area contributed by atoms with Gasteiger partial charge in [-0.2, -0.15) is 0 Å². The van der Waals surface area contributed by atoms with Gasteiger partial charge in [0.2, 0.25) is 0 Å². The Morgan fingerprint density at radius 1 is 1.07 bits per heavy atom. The van der Waals surface area contributed by atoms with Crippen LogP contribution >= 0.6 is 0 Å². The van der Waals surface area contributed by atoms with Crippen LogP contribution in [0.5, 0.6) is 0 Å². The van der Waals surface area contributed by atoms with Crippen LogP contribution < -0.4 is 0 Å². The summed E-state index contributed by atoms with van der Waals surface area (Å²) in [6.07, 6.45) is 8.03. The second kappa shape index (κ2) is 4.67. The standard InChI is InChI=1S/C14H14/c1-3-7-13(8-4-1)11-12-14-9-5-2-6-10-14/h1-5,7-8,14H,6,9-10H2. The largest absolute Gasteiger partial charge is 0.0941 e. The van der Waals surface area contributed by atoms with E-state index < -0.39 is 0 Å². The van der Waals surface area contributed by atoms with Crippen molar-refractivity contribution in [2.75, 3.05) is 0 Å². The van der Waals surface area contributed by atoms with Crippen molar-refractivity contribution in [1.82, 2.24) is 0 Å². The van der Waals surface area contributed by atoms with Gasteiger partial charge in [-0.3, -0.25) is 0 Å². The van der Waals surface area contributed by atoms with Crippen LogP contribution in [0.2, 0.25) is 0 Å². The minimum atomic E-state index is 0.570. The molecule has 0 saturated heterocycles. The Kier molecular flexibility index (Phi) is 3.03. The highest BCUT2D eigenvalue weighted by molar-refractivity contribution is 5.34. The van der Waals surface area contributed by atoms with Gasteiger partial charge in [-0.25, -0.2) is 0 Å². The highest BCUT2D eigenvalue weighted by atomic mass is 14.1. The summed E-state index contributed by atoms with van der Waals surface area (Å²) < 4.78 is 0. The van der Waals surface area contributed by atoms with Crippen LogP contribution in [0.15, 0.2) is 42.5 Å². The quantitative estimate of drug-likeness (QED) is 0.426. The Morgan fingerprint density at radius 2 is 1.93 bits per heavy atom. The third-order valence-electron chi connectivity index (χ3n) is 2.46. The normalized spacial score (nSPS) is 19.9. The van der Waals surface area contributed by atoms with Crippen molar-refractivity contribution in [3.63, 3.8) is 0 Å². The Bertz CT molecular complexity index is 362. The summed E-state index contributed by atoms with van der Waals surface area (Å²) in [6.45, 7) is 0. The fraction of sp³-hybridized carbons (Fsp3) is 0.286. The molecule has 1 aliphatic rings. The third kappa shape index (κ3) is 2.50. The molecule has 1 unspecified atom stereocenters. The maximum atomic E-state index is 3.34. The monoisotopic (exact) mass is 182 g/mol. The summed E-state index contributed by atoms with van der Waals surface area (Å²) in [5.41, 5.74) is 1.13. The van der Waals surface area contributed by atoms with E-state index >= 15 is 0 Å². The van der Waals surface area contributed by atoms with Gasteiger partial charge < -0.3 is 0 Å². The first-order valence-corrected chi connectivity index (χ1v) is 5.17. The predicted octanol–water partition coefficient (Wildman–Crippen LogP) is 3.39. The van der Waals surface area contributed by atoms with Crippen molar-refractivity contribution in [1.29, 1.82) is 0 Å². The van der Waals surface area contributed by atoms with Crippen molar-refractivity contribution in [2.24, 2.45) is 5.92 Å². The molecule has 70 valence electrons. The molecule has 0 radical (unpaired) electrons. The molecule has 0 spiro atoms. The summed E-state index contributed by atoms with van der Waals surface area (Å²) in [7, 11) is 0. The zero-order valence-electron chi connectivity index (χ0n) is 8.24. The van der Waals surface area contributed by atoms with Crippen LogP contribution in [0.3, 0.4) is 0 Å². The van der Waals surface area contributed by atoms with E-state index in [1.54, 1.807) is 0 Å². The Labute approximate surface area is 85.7 Å². The van der Waals surface area contributed by atoms with Crippen LogP contribution in [0.4, 0.5) is 0 Å². The van der Waals surface area contributed by atoms with Crippen molar-refractivity contribution < 1.29 is 0 Å². The molecule has 0 heterocycles. The first kappa shape index (κ1) is 9.09.